The summed E-state index contributed by atoms with van der Waals surface area (Å²) in [6, 6.07) is 4.62. The monoisotopic (exact) mass is 275 g/mol. The quantitative estimate of drug-likeness (QED) is 0.924. The highest BCUT2D eigenvalue weighted by Gasteiger charge is 2.11. The Kier molecular flexibility index (Phi) is 3.59. The van der Waals surface area contributed by atoms with Crippen LogP contribution in [0.2, 0.25) is 5.02 Å². The first-order valence-electron chi connectivity index (χ1n) is 5.02. The number of carboxylic acid groups (broad SMARTS) is 1. The number of aromatic carboxylic acids is 1. The topological polar surface area (TPSA) is 96.1 Å². The van der Waals surface area contributed by atoms with Crippen molar-refractivity contribution in [3.8, 4) is 17.7 Å². The molecule has 0 aliphatic carbocycles. The SMILES string of the molecule is N#Cc1ccnc(Oc2cncc(C(=O)O)c2)c1Cl. The number of hydrogen-bond acceptors (Lipinski definition) is 5. The van der Waals surface area contributed by atoms with Crippen LogP contribution >= 0.6 is 11.6 Å². The van der Waals surface area contributed by atoms with E-state index in [4.69, 9.17) is 26.7 Å². The minimum Gasteiger partial charge on any atom is -0.478 e. The maximum atomic E-state index is 10.8. The number of carbonyl (C=O) groups is 1. The van der Waals surface area contributed by atoms with Crippen LogP contribution in [0.3, 0.4) is 0 Å². The molecule has 94 valence electrons. The summed E-state index contributed by atoms with van der Waals surface area (Å²) in [7, 11) is 0. The first-order chi connectivity index (χ1) is 9.11. The zero-order chi connectivity index (χ0) is 13.8. The molecule has 2 aromatic heterocycles. The van der Waals surface area contributed by atoms with Crippen LogP contribution in [0.4, 0.5) is 0 Å². The molecular weight excluding hydrogens is 270 g/mol. The molecule has 0 amide bonds. The molecule has 0 radical (unpaired) electrons. The molecule has 0 fully saturated rings. The molecule has 0 aliphatic heterocycles. The highest BCUT2D eigenvalue weighted by molar-refractivity contribution is 6.33. The summed E-state index contributed by atoms with van der Waals surface area (Å²) in [5, 5.41) is 17.7. The highest BCUT2D eigenvalue weighted by atomic mass is 35.5. The molecule has 0 saturated carbocycles. The van der Waals surface area contributed by atoms with E-state index in [0.29, 0.717) is 0 Å². The molecule has 2 heterocycles. The van der Waals surface area contributed by atoms with Crippen molar-refractivity contribution in [1.29, 1.82) is 5.26 Å². The van der Waals surface area contributed by atoms with Crippen LogP contribution in [0.5, 0.6) is 11.6 Å². The second-order valence-electron chi connectivity index (χ2n) is 3.41. The van der Waals surface area contributed by atoms with Gasteiger partial charge in [-0.1, -0.05) is 11.6 Å². The smallest absolute Gasteiger partial charge is 0.337 e. The van der Waals surface area contributed by atoms with E-state index in [1.807, 2.05) is 6.07 Å². The summed E-state index contributed by atoms with van der Waals surface area (Å²) in [6.07, 6.45) is 3.88. The third-order valence-electron chi connectivity index (χ3n) is 2.15. The Morgan fingerprint density at radius 3 is 2.95 bits per heavy atom. The summed E-state index contributed by atoms with van der Waals surface area (Å²) in [6.45, 7) is 0. The fourth-order valence-electron chi connectivity index (χ4n) is 1.29. The van der Waals surface area contributed by atoms with Gasteiger partial charge in [0.25, 0.3) is 0 Å². The Labute approximate surface area is 112 Å². The summed E-state index contributed by atoms with van der Waals surface area (Å²) >= 11 is 5.91. The van der Waals surface area contributed by atoms with Gasteiger partial charge in [-0.05, 0) is 12.1 Å². The van der Waals surface area contributed by atoms with Gasteiger partial charge >= 0.3 is 5.97 Å². The van der Waals surface area contributed by atoms with Gasteiger partial charge in [-0.15, -0.1) is 0 Å². The van der Waals surface area contributed by atoms with Crippen molar-refractivity contribution in [3.05, 3.63) is 46.9 Å². The zero-order valence-electron chi connectivity index (χ0n) is 9.37. The molecule has 7 heteroatoms. The number of aromatic nitrogens is 2. The fourth-order valence-corrected chi connectivity index (χ4v) is 1.48. The minimum absolute atomic E-state index is 0.0186. The van der Waals surface area contributed by atoms with Gasteiger partial charge in [0.15, 0.2) is 0 Å². The lowest BCUT2D eigenvalue weighted by atomic mass is 10.3. The second-order valence-corrected chi connectivity index (χ2v) is 3.78. The molecule has 6 nitrogen and oxygen atoms in total. The average molecular weight is 276 g/mol. The Morgan fingerprint density at radius 1 is 1.47 bits per heavy atom. The molecule has 0 unspecified atom stereocenters. The molecule has 0 bridgehead atoms. The first kappa shape index (κ1) is 12.8. The average Bonchev–Trinajstić information content (AvgIpc) is 2.41. The van der Waals surface area contributed by atoms with Gasteiger partial charge < -0.3 is 9.84 Å². The molecule has 2 rings (SSSR count). The zero-order valence-corrected chi connectivity index (χ0v) is 10.1. The Hall–Kier alpha value is -2.65. The minimum atomic E-state index is -1.12. The van der Waals surface area contributed by atoms with Gasteiger partial charge in [-0.25, -0.2) is 9.78 Å². The van der Waals surface area contributed by atoms with E-state index in [1.54, 1.807) is 0 Å². The predicted octanol–water partition coefficient (Wildman–Crippen LogP) is 2.49. The number of carboxylic acids is 1. The van der Waals surface area contributed by atoms with Crippen molar-refractivity contribution < 1.29 is 14.6 Å². The Bertz CT molecular complexity index is 682. The lowest BCUT2D eigenvalue weighted by molar-refractivity contribution is 0.0696. The predicted molar refractivity (Wildman–Crippen MR) is 65.2 cm³/mol. The third-order valence-corrected chi connectivity index (χ3v) is 2.52. The van der Waals surface area contributed by atoms with Crippen LogP contribution in [0, 0.1) is 11.3 Å². The lowest BCUT2D eigenvalue weighted by Crippen LogP contribution is -1.98. The lowest BCUT2D eigenvalue weighted by Gasteiger charge is -2.06. The van der Waals surface area contributed by atoms with Crippen LogP contribution in [0.1, 0.15) is 15.9 Å². The van der Waals surface area contributed by atoms with Crippen molar-refractivity contribution in [3.63, 3.8) is 0 Å². The van der Waals surface area contributed by atoms with Crippen molar-refractivity contribution in [1.82, 2.24) is 9.97 Å². The van der Waals surface area contributed by atoms with E-state index < -0.39 is 5.97 Å². The number of halogens is 1. The van der Waals surface area contributed by atoms with Crippen LogP contribution in [-0.2, 0) is 0 Å². The summed E-state index contributed by atoms with van der Waals surface area (Å²) < 4.78 is 5.32. The molecular formula is C12H6ClN3O3. The molecule has 0 atom stereocenters. The largest absolute Gasteiger partial charge is 0.478 e. The van der Waals surface area contributed by atoms with Crippen LogP contribution in [0.15, 0.2) is 30.7 Å². The number of rotatable bonds is 3. The van der Waals surface area contributed by atoms with Gasteiger partial charge in [0.2, 0.25) is 5.88 Å². The Morgan fingerprint density at radius 2 is 2.26 bits per heavy atom. The number of ether oxygens (including phenoxy) is 1. The van der Waals surface area contributed by atoms with Gasteiger partial charge in [-0.3, -0.25) is 4.98 Å². The first-order valence-corrected chi connectivity index (χ1v) is 5.40. The van der Waals surface area contributed by atoms with Gasteiger partial charge in [0.1, 0.15) is 16.8 Å². The standard InChI is InChI=1S/C12H6ClN3O3/c13-10-7(4-14)1-2-16-11(10)19-9-3-8(12(17)18)5-15-6-9/h1-3,5-6H,(H,17,18). The van der Waals surface area contributed by atoms with Crippen molar-refractivity contribution in [2.75, 3.05) is 0 Å². The van der Waals surface area contributed by atoms with Gasteiger partial charge in [0.05, 0.1) is 17.3 Å². The summed E-state index contributed by atoms with van der Waals surface area (Å²) in [5.74, 6) is -0.933. The summed E-state index contributed by atoms with van der Waals surface area (Å²) in [5.41, 5.74) is 0.194. The fraction of sp³-hybridized carbons (Fsp3) is 0. The molecule has 0 aromatic carbocycles. The van der Waals surface area contributed by atoms with E-state index in [-0.39, 0.29) is 27.8 Å². The molecule has 2 aromatic rings. The highest BCUT2D eigenvalue weighted by Crippen LogP contribution is 2.29. The number of hydrogen-bond donors (Lipinski definition) is 1. The molecule has 1 N–H and O–H groups in total. The Balaban J connectivity index is 2.34. The molecule has 19 heavy (non-hydrogen) atoms. The maximum absolute atomic E-state index is 10.8. The molecule has 0 spiro atoms. The van der Waals surface area contributed by atoms with E-state index in [0.717, 1.165) is 0 Å². The van der Waals surface area contributed by atoms with Crippen LogP contribution in [0.25, 0.3) is 0 Å². The van der Waals surface area contributed by atoms with E-state index in [9.17, 15) is 4.79 Å². The van der Waals surface area contributed by atoms with Crippen molar-refractivity contribution >= 4 is 17.6 Å². The van der Waals surface area contributed by atoms with Gasteiger partial charge in [0, 0.05) is 12.4 Å². The summed E-state index contributed by atoms with van der Waals surface area (Å²) in [4.78, 5) is 18.4. The van der Waals surface area contributed by atoms with E-state index in [1.165, 1.54) is 30.7 Å². The van der Waals surface area contributed by atoms with Crippen molar-refractivity contribution in [2.24, 2.45) is 0 Å². The number of pyridine rings is 2. The van der Waals surface area contributed by atoms with E-state index in [2.05, 4.69) is 9.97 Å². The number of nitrogens with zero attached hydrogens (tertiary/aromatic N) is 3. The number of nitriles is 1. The maximum Gasteiger partial charge on any atom is 0.337 e. The van der Waals surface area contributed by atoms with Crippen LogP contribution < -0.4 is 4.74 Å². The molecule has 0 saturated heterocycles. The van der Waals surface area contributed by atoms with E-state index >= 15 is 0 Å². The third kappa shape index (κ3) is 2.78. The van der Waals surface area contributed by atoms with Gasteiger partial charge in [-0.2, -0.15) is 5.26 Å². The van der Waals surface area contributed by atoms with Crippen LogP contribution in [-0.4, -0.2) is 21.0 Å². The molecule has 0 aliphatic rings. The van der Waals surface area contributed by atoms with Crippen molar-refractivity contribution in [2.45, 2.75) is 0 Å². The second kappa shape index (κ2) is 5.33. The normalized spacial score (nSPS) is 9.68.